The minimum atomic E-state index is 0.245. The third-order valence-corrected chi connectivity index (χ3v) is 7.26. The van der Waals surface area contributed by atoms with Gasteiger partial charge >= 0.3 is 0 Å². The maximum Gasteiger partial charge on any atom is 0.220 e. The topological polar surface area (TPSA) is 47.6 Å². The lowest BCUT2D eigenvalue weighted by molar-refractivity contribution is -0.129. The van der Waals surface area contributed by atoms with Crippen molar-refractivity contribution < 1.29 is 14.3 Å². The first-order valence-electron chi connectivity index (χ1n) is 10.5. The van der Waals surface area contributed by atoms with Gasteiger partial charge in [0, 0.05) is 13.0 Å². The van der Waals surface area contributed by atoms with E-state index in [0.717, 1.165) is 42.1 Å². The van der Waals surface area contributed by atoms with Crippen molar-refractivity contribution in [1.82, 2.24) is 5.32 Å². The Morgan fingerprint density at radius 1 is 1.04 bits per heavy atom. The summed E-state index contributed by atoms with van der Waals surface area (Å²) in [6, 6.07) is 4.03. The van der Waals surface area contributed by atoms with Crippen molar-refractivity contribution in [2.24, 2.45) is 23.2 Å². The average molecular weight is 372 g/mol. The molecular weight excluding hydrogens is 338 g/mol. The molecule has 4 aliphatic rings. The van der Waals surface area contributed by atoms with E-state index in [4.69, 9.17) is 9.47 Å². The predicted molar refractivity (Wildman–Crippen MR) is 106 cm³/mol. The van der Waals surface area contributed by atoms with Crippen LogP contribution in [0.3, 0.4) is 0 Å². The van der Waals surface area contributed by atoms with Crippen LogP contribution >= 0.6 is 0 Å². The van der Waals surface area contributed by atoms with Crippen LogP contribution in [0.2, 0.25) is 0 Å². The Bertz CT molecular complexity index is 677. The first-order chi connectivity index (χ1) is 13.0. The lowest BCUT2D eigenvalue weighted by Gasteiger charge is -2.56. The summed E-state index contributed by atoms with van der Waals surface area (Å²) in [5.74, 6) is 4.45. The third kappa shape index (κ3) is 3.81. The highest BCUT2D eigenvalue weighted by Gasteiger charge is 2.51. The van der Waals surface area contributed by atoms with Crippen molar-refractivity contribution in [2.75, 3.05) is 20.8 Å². The summed E-state index contributed by atoms with van der Waals surface area (Å²) in [6.07, 6.45) is 9.72. The summed E-state index contributed by atoms with van der Waals surface area (Å²) in [6.45, 7) is 2.76. The maximum atomic E-state index is 12.7. The van der Waals surface area contributed by atoms with Crippen LogP contribution in [0.1, 0.15) is 56.1 Å². The molecule has 5 rings (SSSR count). The normalized spacial score (nSPS) is 31.0. The molecule has 4 heteroatoms. The monoisotopic (exact) mass is 371 g/mol. The van der Waals surface area contributed by atoms with E-state index in [1.165, 1.54) is 49.7 Å². The second-order valence-corrected chi connectivity index (χ2v) is 9.33. The minimum absolute atomic E-state index is 0.245. The molecule has 4 aliphatic carbocycles. The number of hydrogen-bond donors (Lipinski definition) is 1. The fraction of sp³-hybridized carbons (Fsp3) is 0.696. The van der Waals surface area contributed by atoms with Crippen LogP contribution in [0.15, 0.2) is 12.1 Å². The molecule has 0 radical (unpaired) electrons. The first-order valence-corrected chi connectivity index (χ1v) is 10.5. The van der Waals surface area contributed by atoms with Crippen LogP contribution in [0.25, 0.3) is 0 Å². The summed E-state index contributed by atoms with van der Waals surface area (Å²) in [5, 5.41) is 3.19. The van der Waals surface area contributed by atoms with E-state index in [9.17, 15) is 4.79 Å². The summed E-state index contributed by atoms with van der Waals surface area (Å²) in [4.78, 5) is 12.7. The van der Waals surface area contributed by atoms with Crippen LogP contribution in [0, 0.1) is 30.1 Å². The molecule has 27 heavy (non-hydrogen) atoms. The smallest absolute Gasteiger partial charge is 0.220 e. The molecule has 0 atom stereocenters. The van der Waals surface area contributed by atoms with Gasteiger partial charge in [-0.25, -0.2) is 0 Å². The van der Waals surface area contributed by atoms with Gasteiger partial charge in [-0.3, -0.25) is 4.79 Å². The van der Waals surface area contributed by atoms with Gasteiger partial charge in [0.15, 0.2) is 11.5 Å². The second kappa shape index (κ2) is 7.37. The van der Waals surface area contributed by atoms with Gasteiger partial charge in [-0.2, -0.15) is 0 Å². The SMILES string of the molecule is COc1cc(C)c(CCNC(=O)CC23CC4CC(CC(C4)C2)C3)cc1OC. The van der Waals surface area contributed by atoms with Gasteiger partial charge in [0.25, 0.3) is 0 Å². The molecule has 4 nitrogen and oxygen atoms in total. The van der Waals surface area contributed by atoms with E-state index < -0.39 is 0 Å². The molecule has 0 spiro atoms. The summed E-state index contributed by atoms with van der Waals surface area (Å²) >= 11 is 0. The molecule has 0 saturated heterocycles. The van der Waals surface area contributed by atoms with E-state index >= 15 is 0 Å². The number of carbonyl (C=O) groups excluding carboxylic acids is 1. The highest BCUT2D eigenvalue weighted by molar-refractivity contribution is 5.76. The number of nitrogens with one attached hydrogen (secondary N) is 1. The van der Waals surface area contributed by atoms with Crippen molar-refractivity contribution in [3.05, 3.63) is 23.3 Å². The number of methoxy groups -OCH3 is 2. The van der Waals surface area contributed by atoms with Crippen molar-refractivity contribution in [3.63, 3.8) is 0 Å². The van der Waals surface area contributed by atoms with Crippen molar-refractivity contribution in [1.29, 1.82) is 0 Å². The highest BCUT2D eigenvalue weighted by Crippen LogP contribution is 2.61. The molecule has 148 valence electrons. The molecule has 0 heterocycles. The zero-order chi connectivity index (χ0) is 19.0. The Balaban J connectivity index is 1.31. The fourth-order valence-corrected chi connectivity index (χ4v) is 6.54. The number of amides is 1. The van der Waals surface area contributed by atoms with Gasteiger partial charge in [-0.15, -0.1) is 0 Å². The zero-order valence-electron chi connectivity index (χ0n) is 17.0. The fourth-order valence-electron chi connectivity index (χ4n) is 6.54. The summed E-state index contributed by atoms with van der Waals surface area (Å²) in [7, 11) is 3.31. The highest BCUT2D eigenvalue weighted by atomic mass is 16.5. The average Bonchev–Trinajstić information content (AvgIpc) is 2.61. The molecule has 1 aromatic rings. The Hall–Kier alpha value is -1.71. The third-order valence-electron chi connectivity index (χ3n) is 7.26. The number of benzene rings is 1. The van der Waals surface area contributed by atoms with Crippen LogP contribution in [-0.4, -0.2) is 26.7 Å². The van der Waals surface area contributed by atoms with E-state index in [1.54, 1.807) is 14.2 Å². The Labute approximate surface area is 163 Å². The molecule has 4 fully saturated rings. The molecule has 4 bridgehead atoms. The molecule has 1 N–H and O–H groups in total. The maximum absolute atomic E-state index is 12.7. The number of rotatable bonds is 7. The van der Waals surface area contributed by atoms with Gasteiger partial charge in [0.1, 0.15) is 0 Å². The number of hydrogen-bond acceptors (Lipinski definition) is 3. The number of carbonyl (C=O) groups is 1. The quantitative estimate of drug-likeness (QED) is 0.778. The summed E-state index contributed by atoms with van der Waals surface area (Å²) in [5.41, 5.74) is 2.68. The van der Waals surface area contributed by atoms with Crippen LogP contribution in [0.4, 0.5) is 0 Å². The van der Waals surface area contributed by atoms with Crippen LogP contribution in [-0.2, 0) is 11.2 Å². The van der Waals surface area contributed by atoms with Crippen LogP contribution < -0.4 is 14.8 Å². The lowest BCUT2D eigenvalue weighted by Crippen LogP contribution is -2.48. The second-order valence-electron chi connectivity index (χ2n) is 9.33. The van der Waals surface area contributed by atoms with Gasteiger partial charge in [0.05, 0.1) is 14.2 Å². The number of aryl methyl sites for hydroxylation is 1. The Kier molecular flexibility index (Phi) is 5.09. The molecule has 1 aromatic carbocycles. The van der Waals surface area contributed by atoms with Crippen molar-refractivity contribution in [2.45, 2.75) is 58.3 Å². The molecule has 0 unspecified atom stereocenters. The Morgan fingerprint density at radius 2 is 1.59 bits per heavy atom. The van der Waals surface area contributed by atoms with E-state index in [2.05, 4.69) is 12.2 Å². The number of ether oxygens (including phenoxy) is 2. The van der Waals surface area contributed by atoms with Gasteiger partial charge < -0.3 is 14.8 Å². The molecule has 4 saturated carbocycles. The van der Waals surface area contributed by atoms with Gasteiger partial charge in [-0.1, -0.05) is 0 Å². The predicted octanol–water partition coefficient (Wildman–Crippen LogP) is 4.28. The minimum Gasteiger partial charge on any atom is -0.493 e. The lowest BCUT2D eigenvalue weighted by atomic mass is 9.49. The zero-order valence-corrected chi connectivity index (χ0v) is 17.0. The van der Waals surface area contributed by atoms with Crippen molar-refractivity contribution >= 4 is 5.91 Å². The van der Waals surface area contributed by atoms with E-state index in [-0.39, 0.29) is 5.91 Å². The van der Waals surface area contributed by atoms with Crippen LogP contribution in [0.5, 0.6) is 11.5 Å². The van der Waals surface area contributed by atoms with E-state index in [1.807, 2.05) is 12.1 Å². The standard InChI is InChI=1S/C23H33NO3/c1-15-6-20(26-2)21(27-3)10-19(15)4-5-24-22(25)14-23-11-16-7-17(12-23)9-18(8-16)13-23/h6,10,16-18H,4-5,7-9,11-14H2,1-3H3,(H,24,25). The largest absolute Gasteiger partial charge is 0.493 e. The first kappa shape index (κ1) is 18.6. The van der Waals surface area contributed by atoms with Gasteiger partial charge in [0.2, 0.25) is 5.91 Å². The van der Waals surface area contributed by atoms with E-state index in [0.29, 0.717) is 12.0 Å². The molecule has 1 amide bonds. The van der Waals surface area contributed by atoms with Crippen molar-refractivity contribution in [3.8, 4) is 11.5 Å². The Morgan fingerprint density at radius 3 is 2.15 bits per heavy atom. The summed E-state index contributed by atoms with van der Waals surface area (Å²) < 4.78 is 10.8. The molecule has 0 aromatic heterocycles. The molecule has 0 aliphatic heterocycles. The molecular formula is C23H33NO3. The van der Waals surface area contributed by atoms with Gasteiger partial charge in [-0.05, 0) is 98.3 Å².